The van der Waals surface area contributed by atoms with Crippen LogP contribution < -0.4 is 23.7 Å². The number of methoxy groups -OCH3 is 1. The summed E-state index contributed by atoms with van der Waals surface area (Å²) in [5, 5.41) is 5.04. The Morgan fingerprint density at radius 3 is 2.39 bits per heavy atom. The number of pyridine rings is 1. The van der Waals surface area contributed by atoms with Crippen molar-refractivity contribution in [1.29, 1.82) is 0 Å². The Bertz CT molecular complexity index is 1510. The molecule has 3 aromatic carbocycles. The van der Waals surface area contributed by atoms with E-state index in [-0.39, 0.29) is 6.79 Å². The molecular formula is C33H41N3O5. The quantitative estimate of drug-likeness (QED) is 0.149. The number of nitrogens with zero attached hydrogens (tertiary/aromatic N) is 3. The molecule has 0 amide bonds. The molecule has 0 atom stereocenters. The van der Waals surface area contributed by atoms with Crippen LogP contribution in [0.1, 0.15) is 39.5 Å². The molecule has 0 saturated carbocycles. The van der Waals surface area contributed by atoms with Crippen molar-refractivity contribution >= 4 is 32.4 Å². The molecule has 0 spiro atoms. The van der Waals surface area contributed by atoms with Crippen molar-refractivity contribution in [2.45, 2.75) is 39.5 Å². The Hall–Kier alpha value is -3.49. The number of likely N-dealkylation sites (tertiary alicyclic amines) is 1. The van der Waals surface area contributed by atoms with Crippen molar-refractivity contribution in [3.63, 3.8) is 0 Å². The maximum atomic E-state index is 6.45. The Kier molecular flexibility index (Phi) is 8.49. The van der Waals surface area contributed by atoms with Crippen LogP contribution in [0.25, 0.3) is 32.4 Å². The van der Waals surface area contributed by atoms with Crippen molar-refractivity contribution in [2.75, 3.05) is 66.4 Å². The molecular weight excluding hydrogens is 518 g/mol. The Balaban J connectivity index is 1.39. The molecule has 8 nitrogen and oxygen atoms in total. The predicted molar refractivity (Wildman–Crippen MR) is 163 cm³/mol. The Morgan fingerprint density at radius 2 is 1.61 bits per heavy atom. The monoisotopic (exact) mass is 559 g/mol. The van der Waals surface area contributed by atoms with E-state index in [1.807, 2.05) is 18.2 Å². The van der Waals surface area contributed by atoms with E-state index >= 15 is 0 Å². The van der Waals surface area contributed by atoms with Gasteiger partial charge in [0.2, 0.25) is 12.7 Å². The van der Waals surface area contributed by atoms with Gasteiger partial charge in [0.1, 0.15) is 6.61 Å². The number of hydrogen-bond donors (Lipinski definition) is 0. The molecule has 2 aliphatic heterocycles. The van der Waals surface area contributed by atoms with Crippen molar-refractivity contribution < 1.29 is 23.7 Å². The highest BCUT2D eigenvalue weighted by Gasteiger charge is 2.20. The van der Waals surface area contributed by atoms with Crippen LogP contribution in [0, 0.1) is 0 Å². The molecule has 0 unspecified atom stereocenters. The molecule has 6 rings (SSSR count). The molecule has 1 saturated heterocycles. The summed E-state index contributed by atoms with van der Waals surface area (Å²) < 4.78 is 29.9. The second kappa shape index (κ2) is 12.6. The summed E-state index contributed by atoms with van der Waals surface area (Å²) in [6.07, 6.45) is 4.78. The van der Waals surface area contributed by atoms with Crippen molar-refractivity contribution in [3.8, 4) is 28.9 Å². The summed E-state index contributed by atoms with van der Waals surface area (Å²) >= 11 is 0. The smallest absolute Gasteiger partial charge is 0.231 e. The molecule has 0 aliphatic carbocycles. The normalized spacial score (nSPS) is 15.3. The van der Waals surface area contributed by atoms with Gasteiger partial charge in [-0.1, -0.05) is 32.4 Å². The molecule has 8 heteroatoms. The van der Waals surface area contributed by atoms with Crippen LogP contribution >= 0.6 is 0 Å². The maximum Gasteiger partial charge on any atom is 0.231 e. The lowest BCUT2D eigenvalue weighted by Gasteiger charge is -2.26. The average molecular weight is 560 g/mol. The Morgan fingerprint density at radius 1 is 0.829 bits per heavy atom. The third-order valence-corrected chi connectivity index (χ3v) is 8.39. The van der Waals surface area contributed by atoms with Crippen LogP contribution in [-0.4, -0.2) is 81.2 Å². The zero-order valence-electron chi connectivity index (χ0n) is 24.5. The fourth-order valence-electron chi connectivity index (χ4n) is 6.00. The molecule has 0 radical (unpaired) electrons. The van der Waals surface area contributed by atoms with Gasteiger partial charge >= 0.3 is 0 Å². The van der Waals surface area contributed by atoms with Gasteiger partial charge in [-0.05, 0) is 75.1 Å². The fourth-order valence-corrected chi connectivity index (χ4v) is 6.00. The highest BCUT2D eigenvalue weighted by molar-refractivity contribution is 6.17. The van der Waals surface area contributed by atoms with E-state index in [0.717, 1.165) is 95.4 Å². The minimum atomic E-state index is 0.236. The van der Waals surface area contributed by atoms with Crippen LogP contribution in [0.4, 0.5) is 0 Å². The zero-order chi connectivity index (χ0) is 28.2. The number of piperidine rings is 1. The van der Waals surface area contributed by atoms with E-state index in [4.69, 9.17) is 28.7 Å². The number of rotatable bonds is 12. The van der Waals surface area contributed by atoms with Gasteiger partial charge in [-0.3, -0.25) is 4.90 Å². The number of benzene rings is 3. The third-order valence-electron chi connectivity index (χ3n) is 8.39. The van der Waals surface area contributed by atoms with Gasteiger partial charge in [0.05, 0.1) is 19.2 Å². The minimum Gasteiger partial charge on any atom is -0.493 e. The summed E-state index contributed by atoms with van der Waals surface area (Å²) in [5.74, 6) is 3.54. The molecule has 0 bridgehead atoms. The first kappa shape index (κ1) is 27.7. The molecule has 2 aliphatic rings. The summed E-state index contributed by atoms with van der Waals surface area (Å²) in [5.41, 5.74) is 0.874. The number of fused-ring (bicyclic) bond motifs is 6. The van der Waals surface area contributed by atoms with Crippen LogP contribution in [0.15, 0.2) is 36.4 Å². The molecule has 1 fully saturated rings. The average Bonchev–Trinajstić information content (AvgIpc) is 3.47. The van der Waals surface area contributed by atoms with E-state index in [1.165, 1.54) is 19.3 Å². The first-order chi connectivity index (χ1) is 20.2. The SMILES string of the molecule is CCN(CC)CCCOc1cc2c(cc1OC)c(OCCN1CCCCC1)nc1c3cc4c(cc3ccc21)OCO4. The maximum absolute atomic E-state index is 6.45. The van der Waals surface area contributed by atoms with E-state index in [2.05, 4.69) is 41.8 Å². The highest BCUT2D eigenvalue weighted by Crippen LogP contribution is 2.43. The van der Waals surface area contributed by atoms with Crippen molar-refractivity contribution in [1.82, 2.24) is 14.8 Å². The number of ether oxygens (including phenoxy) is 5. The molecule has 4 aromatic rings. The van der Waals surface area contributed by atoms with Gasteiger partial charge < -0.3 is 28.6 Å². The summed E-state index contributed by atoms with van der Waals surface area (Å²) in [7, 11) is 1.69. The largest absolute Gasteiger partial charge is 0.493 e. The predicted octanol–water partition coefficient (Wildman–Crippen LogP) is 6.25. The van der Waals surface area contributed by atoms with Gasteiger partial charge in [0.25, 0.3) is 0 Å². The third kappa shape index (κ3) is 5.81. The minimum absolute atomic E-state index is 0.236. The highest BCUT2D eigenvalue weighted by atomic mass is 16.7. The zero-order valence-corrected chi connectivity index (χ0v) is 24.5. The van der Waals surface area contributed by atoms with E-state index in [1.54, 1.807) is 7.11 Å². The van der Waals surface area contributed by atoms with Crippen LogP contribution in [0.5, 0.6) is 28.9 Å². The lowest BCUT2D eigenvalue weighted by atomic mass is 10.0. The van der Waals surface area contributed by atoms with E-state index < -0.39 is 0 Å². The van der Waals surface area contributed by atoms with Crippen LogP contribution in [0.3, 0.4) is 0 Å². The molecule has 218 valence electrons. The summed E-state index contributed by atoms with van der Waals surface area (Å²) in [6, 6.07) is 12.4. The molecule has 3 heterocycles. The van der Waals surface area contributed by atoms with Gasteiger partial charge in [0.15, 0.2) is 23.0 Å². The van der Waals surface area contributed by atoms with Crippen molar-refractivity contribution in [3.05, 3.63) is 36.4 Å². The topological polar surface area (TPSA) is 65.5 Å². The van der Waals surface area contributed by atoms with Crippen LogP contribution in [-0.2, 0) is 0 Å². The van der Waals surface area contributed by atoms with Crippen molar-refractivity contribution in [2.24, 2.45) is 0 Å². The van der Waals surface area contributed by atoms with Gasteiger partial charge in [-0.2, -0.15) is 0 Å². The van der Waals surface area contributed by atoms with Gasteiger partial charge in [-0.25, -0.2) is 4.98 Å². The molecule has 0 N–H and O–H groups in total. The van der Waals surface area contributed by atoms with Crippen LogP contribution in [0.2, 0.25) is 0 Å². The number of aromatic nitrogens is 1. The van der Waals surface area contributed by atoms with E-state index in [0.29, 0.717) is 24.8 Å². The first-order valence-electron chi connectivity index (χ1n) is 15.1. The second-order valence-corrected chi connectivity index (χ2v) is 10.8. The second-order valence-electron chi connectivity index (χ2n) is 10.8. The summed E-state index contributed by atoms with van der Waals surface area (Å²) in [6.45, 7) is 12.1. The summed E-state index contributed by atoms with van der Waals surface area (Å²) in [4.78, 5) is 10.0. The lowest BCUT2D eigenvalue weighted by Crippen LogP contribution is -2.33. The van der Waals surface area contributed by atoms with Gasteiger partial charge in [-0.15, -0.1) is 0 Å². The fraction of sp³-hybridized carbons (Fsp3) is 0.485. The standard InChI is InChI=1S/C33H41N3O5/c1-4-35(5-2)14-9-16-38-30-20-26-24-11-10-23-18-29-31(41-22-40-29)19-25(23)32(24)34-33(27(26)21-28(30)37-3)39-17-15-36-12-7-6-8-13-36/h10-11,18-21H,4-9,12-17,22H2,1-3H3. The van der Waals surface area contributed by atoms with Gasteiger partial charge in [0, 0.05) is 34.6 Å². The molecule has 41 heavy (non-hydrogen) atoms. The molecule has 1 aromatic heterocycles. The lowest BCUT2D eigenvalue weighted by molar-refractivity contribution is 0.174. The number of hydrogen-bond acceptors (Lipinski definition) is 8. The van der Waals surface area contributed by atoms with E-state index in [9.17, 15) is 0 Å². The Labute approximate surface area is 242 Å². The first-order valence-corrected chi connectivity index (χ1v) is 15.1.